The lowest BCUT2D eigenvalue weighted by Gasteiger charge is -2.30. The molecule has 0 bridgehead atoms. The number of carbonyl (C=O) groups is 2. The molecule has 0 heterocycles. The number of likely N-dealkylation sites (N-methyl/N-ethyl adjacent to an activating group) is 2. The molecule has 0 saturated carbocycles. The van der Waals surface area contributed by atoms with Crippen LogP contribution in [0.2, 0.25) is 0 Å². The van der Waals surface area contributed by atoms with Crippen LogP contribution < -0.4 is 11.1 Å². The molecule has 3 N–H and O–H groups in total. The van der Waals surface area contributed by atoms with E-state index in [2.05, 4.69) is 5.32 Å². The third kappa shape index (κ3) is 6.05. The van der Waals surface area contributed by atoms with Crippen molar-refractivity contribution in [1.82, 2.24) is 10.2 Å². The molecule has 0 aromatic heterocycles. The van der Waals surface area contributed by atoms with Crippen LogP contribution in [0.4, 0.5) is 0 Å². The number of nitrogens with two attached hydrogens (primary N) is 1. The average molecular weight is 271 g/mol. The molecule has 5 nitrogen and oxygen atoms in total. The van der Waals surface area contributed by atoms with Gasteiger partial charge in [0.1, 0.15) is 6.04 Å². The number of hydrogen-bond acceptors (Lipinski definition) is 3. The second-order valence-electron chi connectivity index (χ2n) is 5.94. The van der Waals surface area contributed by atoms with Crippen molar-refractivity contribution in [1.29, 1.82) is 0 Å². The predicted octanol–water partition coefficient (Wildman–Crippen LogP) is 0.979. The van der Waals surface area contributed by atoms with E-state index >= 15 is 0 Å². The van der Waals surface area contributed by atoms with Crippen LogP contribution >= 0.6 is 0 Å². The van der Waals surface area contributed by atoms with Gasteiger partial charge in [-0.1, -0.05) is 27.7 Å². The van der Waals surface area contributed by atoms with Crippen molar-refractivity contribution in [3.05, 3.63) is 0 Å². The Morgan fingerprint density at radius 3 is 1.95 bits per heavy atom. The average Bonchev–Trinajstić information content (AvgIpc) is 2.32. The molecule has 2 atom stereocenters. The summed E-state index contributed by atoms with van der Waals surface area (Å²) < 4.78 is 0. The van der Waals surface area contributed by atoms with E-state index in [4.69, 9.17) is 5.73 Å². The van der Waals surface area contributed by atoms with Crippen LogP contribution in [0.25, 0.3) is 0 Å². The summed E-state index contributed by atoms with van der Waals surface area (Å²) in [4.78, 5) is 25.6. The molecule has 5 heteroatoms. The van der Waals surface area contributed by atoms with Gasteiger partial charge in [-0.15, -0.1) is 0 Å². The summed E-state index contributed by atoms with van der Waals surface area (Å²) in [6, 6.07) is -0.986. The predicted molar refractivity (Wildman–Crippen MR) is 77.5 cm³/mol. The molecule has 0 unspecified atom stereocenters. The Balaban J connectivity index is 4.82. The maximum atomic E-state index is 12.2. The van der Waals surface area contributed by atoms with Crippen LogP contribution in [0, 0.1) is 11.8 Å². The Morgan fingerprint density at radius 1 is 1.11 bits per heavy atom. The fraction of sp³-hybridized carbons (Fsp3) is 0.857. The number of nitrogens with zero attached hydrogens (tertiary/aromatic N) is 1. The number of amides is 2. The molecular weight excluding hydrogens is 242 g/mol. The lowest BCUT2D eigenvalue weighted by molar-refractivity contribution is -0.140. The molecule has 0 aliphatic heterocycles. The first kappa shape index (κ1) is 17.9. The molecule has 0 fully saturated rings. The van der Waals surface area contributed by atoms with Gasteiger partial charge >= 0.3 is 0 Å². The summed E-state index contributed by atoms with van der Waals surface area (Å²) in [5.74, 6) is 0.388. The molecule has 0 aliphatic rings. The fourth-order valence-corrected chi connectivity index (χ4v) is 2.08. The monoisotopic (exact) mass is 271 g/mol. The van der Waals surface area contributed by atoms with Crippen LogP contribution in [0.15, 0.2) is 0 Å². The lowest BCUT2D eigenvalue weighted by atomic mass is 9.99. The molecule has 0 aromatic carbocycles. The maximum Gasteiger partial charge on any atom is 0.242 e. The Labute approximate surface area is 116 Å². The van der Waals surface area contributed by atoms with Crippen LogP contribution in [-0.4, -0.2) is 42.9 Å². The van der Waals surface area contributed by atoms with Crippen molar-refractivity contribution in [2.24, 2.45) is 17.6 Å². The minimum atomic E-state index is -0.538. The first-order valence-electron chi connectivity index (χ1n) is 6.94. The summed E-state index contributed by atoms with van der Waals surface area (Å²) in [6.07, 6.45) is 1.27. The van der Waals surface area contributed by atoms with Gasteiger partial charge < -0.3 is 16.0 Å². The number of carbonyl (C=O) groups excluding carboxylic acids is 2. The first-order valence-corrected chi connectivity index (χ1v) is 6.94. The standard InChI is InChI=1S/C14H29N3O2/c1-9(2)7-11(15)14(19)17(6)12(8-10(3)4)13(18)16-5/h9-12H,7-8,15H2,1-6H3,(H,16,18)/t11-,12+/m1/s1. The molecule has 2 amide bonds. The number of nitrogens with one attached hydrogen (secondary N) is 1. The molecule has 0 rings (SSSR count). The van der Waals surface area contributed by atoms with E-state index in [-0.39, 0.29) is 11.8 Å². The second-order valence-corrected chi connectivity index (χ2v) is 5.94. The van der Waals surface area contributed by atoms with Gasteiger partial charge in [-0.25, -0.2) is 0 Å². The molecule has 0 radical (unpaired) electrons. The van der Waals surface area contributed by atoms with Crippen molar-refractivity contribution >= 4 is 11.8 Å². The summed E-state index contributed by atoms with van der Waals surface area (Å²) in [5.41, 5.74) is 5.91. The highest BCUT2D eigenvalue weighted by Gasteiger charge is 2.29. The molecule has 0 saturated heterocycles. The van der Waals surface area contributed by atoms with E-state index < -0.39 is 12.1 Å². The van der Waals surface area contributed by atoms with E-state index in [9.17, 15) is 9.59 Å². The van der Waals surface area contributed by atoms with E-state index in [0.717, 1.165) is 0 Å². The normalized spacial score (nSPS) is 14.4. The van der Waals surface area contributed by atoms with Crippen molar-refractivity contribution in [3.63, 3.8) is 0 Å². The number of hydrogen-bond donors (Lipinski definition) is 2. The molecule has 19 heavy (non-hydrogen) atoms. The maximum absolute atomic E-state index is 12.2. The van der Waals surface area contributed by atoms with Gasteiger partial charge in [-0.3, -0.25) is 9.59 Å². The lowest BCUT2D eigenvalue weighted by Crippen LogP contribution is -2.52. The summed E-state index contributed by atoms with van der Waals surface area (Å²) in [7, 11) is 3.24. The van der Waals surface area contributed by atoms with Crippen molar-refractivity contribution in [2.45, 2.75) is 52.6 Å². The minimum absolute atomic E-state index is 0.138. The van der Waals surface area contributed by atoms with Gasteiger partial charge in [0.25, 0.3) is 0 Å². The van der Waals surface area contributed by atoms with Crippen molar-refractivity contribution < 1.29 is 9.59 Å². The molecular formula is C14H29N3O2. The Bertz CT molecular complexity index is 303. The summed E-state index contributed by atoms with van der Waals surface area (Å²) >= 11 is 0. The van der Waals surface area contributed by atoms with E-state index in [0.29, 0.717) is 24.7 Å². The zero-order valence-electron chi connectivity index (χ0n) is 13.1. The van der Waals surface area contributed by atoms with E-state index in [1.54, 1.807) is 14.1 Å². The highest BCUT2D eigenvalue weighted by atomic mass is 16.2. The van der Waals surface area contributed by atoms with Crippen LogP contribution in [-0.2, 0) is 9.59 Å². The van der Waals surface area contributed by atoms with Gasteiger partial charge in [0.05, 0.1) is 6.04 Å². The van der Waals surface area contributed by atoms with Crippen LogP contribution in [0.1, 0.15) is 40.5 Å². The summed E-state index contributed by atoms with van der Waals surface area (Å²) in [5, 5.41) is 2.61. The quantitative estimate of drug-likeness (QED) is 0.724. The SMILES string of the molecule is CNC(=O)[C@H](CC(C)C)N(C)C(=O)[C@H](N)CC(C)C. The zero-order chi connectivity index (χ0) is 15.2. The van der Waals surface area contributed by atoms with Gasteiger partial charge in [0, 0.05) is 14.1 Å². The Hall–Kier alpha value is -1.10. The van der Waals surface area contributed by atoms with Crippen LogP contribution in [0.3, 0.4) is 0 Å². The van der Waals surface area contributed by atoms with Crippen molar-refractivity contribution in [3.8, 4) is 0 Å². The Kier molecular flexibility index (Phi) is 7.68. The summed E-state index contributed by atoms with van der Waals surface area (Å²) in [6.45, 7) is 8.11. The third-order valence-electron chi connectivity index (χ3n) is 3.10. The Morgan fingerprint density at radius 2 is 1.58 bits per heavy atom. The highest BCUT2D eigenvalue weighted by molar-refractivity contribution is 5.89. The minimum Gasteiger partial charge on any atom is -0.357 e. The van der Waals surface area contributed by atoms with Gasteiger partial charge in [0.2, 0.25) is 11.8 Å². The fourth-order valence-electron chi connectivity index (χ4n) is 2.08. The topological polar surface area (TPSA) is 75.4 Å². The van der Waals surface area contributed by atoms with Crippen molar-refractivity contribution in [2.75, 3.05) is 14.1 Å². The number of rotatable bonds is 7. The third-order valence-corrected chi connectivity index (χ3v) is 3.10. The van der Waals surface area contributed by atoms with Crippen LogP contribution in [0.5, 0.6) is 0 Å². The zero-order valence-corrected chi connectivity index (χ0v) is 13.1. The largest absolute Gasteiger partial charge is 0.357 e. The highest BCUT2D eigenvalue weighted by Crippen LogP contribution is 2.13. The van der Waals surface area contributed by atoms with Gasteiger partial charge in [0.15, 0.2) is 0 Å². The van der Waals surface area contributed by atoms with Gasteiger partial charge in [-0.05, 0) is 24.7 Å². The van der Waals surface area contributed by atoms with Gasteiger partial charge in [-0.2, -0.15) is 0 Å². The smallest absolute Gasteiger partial charge is 0.242 e. The molecule has 112 valence electrons. The van der Waals surface area contributed by atoms with E-state index in [1.165, 1.54) is 4.90 Å². The molecule has 0 spiro atoms. The van der Waals surface area contributed by atoms with E-state index in [1.807, 2.05) is 27.7 Å². The molecule has 0 aromatic rings. The first-order chi connectivity index (χ1) is 8.70. The second kappa shape index (κ2) is 8.15. The molecule has 0 aliphatic carbocycles.